The SMILES string of the molecule is CN=C[C@H](Cc1ccc(N2CCc3sccc3C2)cc1)NC(=O)[C@H]1N[C@@H]2CC[C@H]1C2. The fraction of sp³-hybridized carbons (Fsp3) is 0.500. The molecule has 2 N–H and O–H groups in total. The Hall–Kier alpha value is -2.18. The van der Waals surface area contributed by atoms with Gasteiger partial charge in [-0.15, -0.1) is 11.3 Å². The first-order valence-corrected chi connectivity index (χ1v) is 12.0. The van der Waals surface area contributed by atoms with Crippen LogP contribution in [0.15, 0.2) is 40.7 Å². The van der Waals surface area contributed by atoms with Crippen molar-refractivity contribution in [2.75, 3.05) is 18.5 Å². The smallest absolute Gasteiger partial charge is 0.237 e. The van der Waals surface area contributed by atoms with Gasteiger partial charge in [-0.05, 0) is 72.7 Å². The van der Waals surface area contributed by atoms with Crippen molar-refractivity contribution in [3.05, 3.63) is 51.7 Å². The number of aliphatic imine (C=N–C) groups is 1. The summed E-state index contributed by atoms with van der Waals surface area (Å²) < 4.78 is 0. The molecular formula is C24H30N4OS. The number of amides is 1. The van der Waals surface area contributed by atoms with Crippen molar-refractivity contribution in [1.82, 2.24) is 10.6 Å². The van der Waals surface area contributed by atoms with E-state index in [1.807, 2.05) is 17.6 Å². The fourth-order valence-corrected chi connectivity index (χ4v) is 6.20. The summed E-state index contributed by atoms with van der Waals surface area (Å²) in [6, 6.07) is 11.5. The zero-order valence-corrected chi connectivity index (χ0v) is 18.3. The molecule has 1 aliphatic carbocycles. The van der Waals surface area contributed by atoms with E-state index in [2.05, 4.69) is 56.2 Å². The fourth-order valence-electron chi connectivity index (χ4n) is 5.31. The summed E-state index contributed by atoms with van der Waals surface area (Å²) in [6.07, 6.45) is 7.29. The molecule has 3 heterocycles. The second-order valence-electron chi connectivity index (χ2n) is 8.85. The molecule has 158 valence electrons. The van der Waals surface area contributed by atoms with E-state index in [4.69, 9.17) is 0 Å². The van der Waals surface area contributed by atoms with Crippen molar-refractivity contribution in [2.45, 2.75) is 56.8 Å². The Morgan fingerprint density at radius 3 is 2.93 bits per heavy atom. The van der Waals surface area contributed by atoms with Crippen LogP contribution in [0.1, 0.15) is 35.3 Å². The minimum Gasteiger partial charge on any atom is -0.367 e. The third-order valence-corrected chi connectivity index (χ3v) is 7.89. The molecule has 1 saturated heterocycles. The predicted octanol–water partition coefficient (Wildman–Crippen LogP) is 3.18. The molecule has 2 bridgehead atoms. The first-order chi connectivity index (χ1) is 14.7. The number of nitrogens with one attached hydrogen (secondary N) is 2. The van der Waals surface area contributed by atoms with E-state index in [9.17, 15) is 4.79 Å². The molecule has 0 spiro atoms. The van der Waals surface area contributed by atoms with E-state index in [1.54, 1.807) is 7.05 Å². The highest BCUT2D eigenvalue weighted by molar-refractivity contribution is 7.10. The van der Waals surface area contributed by atoms with Crippen LogP contribution in [0.5, 0.6) is 0 Å². The molecule has 1 aromatic carbocycles. The number of anilines is 1. The number of piperidine rings is 1. The molecular weight excluding hydrogens is 392 g/mol. The van der Waals surface area contributed by atoms with Gasteiger partial charge in [-0.2, -0.15) is 0 Å². The summed E-state index contributed by atoms with van der Waals surface area (Å²) in [7, 11) is 1.77. The summed E-state index contributed by atoms with van der Waals surface area (Å²) in [4.78, 5) is 21.0. The molecule has 2 aromatic rings. The van der Waals surface area contributed by atoms with Gasteiger partial charge < -0.3 is 15.5 Å². The summed E-state index contributed by atoms with van der Waals surface area (Å²) in [5.41, 5.74) is 3.95. The summed E-state index contributed by atoms with van der Waals surface area (Å²) in [5.74, 6) is 0.630. The molecule has 3 aliphatic rings. The van der Waals surface area contributed by atoms with Gasteiger partial charge >= 0.3 is 0 Å². The van der Waals surface area contributed by atoms with Crippen LogP contribution in [0, 0.1) is 5.92 Å². The van der Waals surface area contributed by atoms with Gasteiger partial charge in [0.05, 0.1) is 12.1 Å². The lowest BCUT2D eigenvalue weighted by atomic mass is 9.98. The molecule has 6 heteroatoms. The van der Waals surface area contributed by atoms with E-state index in [1.165, 1.54) is 34.5 Å². The predicted molar refractivity (Wildman–Crippen MR) is 124 cm³/mol. The van der Waals surface area contributed by atoms with Gasteiger partial charge in [0.1, 0.15) is 0 Å². The zero-order chi connectivity index (χ0) is 20.5. The molecule has 1 aromatic heterocycles. The number of fused-ring (bicyclic) bond motifs is 3. The Bertz CT molecular complexity index is 922. The van der Waals surface area contributed by atoms with Gasteiger partial charge in [-0.1, -0.05) is 12.1 Å². The van der Waals surface area contributed by atoms with Crippen molar-refractivity contribution < 1.29 is 4.79 Å². The highest BCUT2D eigenvalue weighted by Crippen LogP contribution is 2.35. The number of carbonyl (C=O) groups is 1. The summed E-state index contributed by atoms with van der Waals surface area (Å²) in [5, 5.41) is 8.91. The number of hydrogen-bond acceptors (Lipinski definition) is 5. The van der Waals surface area contributed by atoms with Gasteiger partial charge in [-0.25, -0.2) is 0 Å². The number of carbonyl (C=O) groups excluding carboxylic acids is 1. The van der Waals surface area contributed by atoms with Crippen LogP contribution >= 0.6 is 11.3 Å². The highest BCUT2D eigenvalue weighted by Gasteiger charge is 2.42. The monoisotopic (exact) mass is 422 g/mol. The third-order valence-electron chi connectivity index (χ3n) is 6.86. The van der Waals surface area contributed by atoms with Gasteiger partial charge in [-0.3, -0.25) is 9.79 Å². The maximum absolute atomic E-state index is 12.8. The minimum absolute atomic E-state index is 0.0278. The van der Waals surface area contributed by atoms with E-state index >= 15 is 0 Å². The Balaban J connectivity index is 1.21. The van der Waals surface area contributed by atoms with Crippen molar-refractivity contribution in [3.8, 4) is 0 Å². The number of benzene rings is 1. The van der Waals surface area contributed by atoms with Crippen molar-refractivity contribution in [2.24, 2.45) is 10.9 Å². The largest absolute Gasteiger partial charge is 0.367 e. The van der Waals surface area contributed by atoms with Crippen molar-refractivity contribution >= 4 is 29.1 Å². The first-order valence-electron chi connectivity index (χ1n) is 11.1. The summed E-state index contributed by atoms with van der Waals surface area (Å²) >= 11 is 1.88. The van der Waals surface area contributed by atoms with E-state index in [0.29, 0.717) is 12.0 Å². The standard InChI is InChI=1S/C24H30N4OS/c1-25-14-20(27-24(29)23-17-4-5-19(13-17)26-23)12-16-2-6-21(7-3-16)28-10-8-22-18(15-28)9-11-30-22/h2-3,6-7,9,11,14,17,19-20,23,26H,4-5,8,10,12-13,15H2,1H3,(H,27,29)/t17-,19+,20-,23-/m0/s1. The van der Waals surface area contributed by atoms with Crippen LogP contribution in [-0.2, 0) is 24.2 Å². The van der Waals surface area contributed by atoms with Gasteiger partial charge in [0.2, 0.25) is 5.91 Å². The maximum atomic E-state index is 12.8. The van der Waals surface area contributed by atoms with Crippen LogP contribution in [0.3, 0.4) is 0 Å². The summed E-state index contributed by atoms with van der Waals surface area (Å²) in [6.45, 7) is 2.07. The number of nitrogens with zero attached hydrogens (tertiary/aromatic N) is 2. The Morgan fingerprint density at radius 1 is 1.33 bits per heavy atom. The van der Waals surface area contributed by atoms with E-state index in [0.717, 1.165) is 32.4 Å². The highest BCUT2D eigenvalue weighted by atomic mass is 32.1. The average Bonchev–Trinajstić information content (AvgIpc) is 3.51. The van der Waals surface area contributed by atoms with Gasteiger partial charge in [0, 0.05) is 43.0 Å². The molecule has 30 heavy (non-hydrogen) atoms. The quantitative estimate of drug-likeness (QED) is 0.703. The Morgan fingerprint density at radius 2 is 2.20 bits per heavy atom. The molecule has 4 atom stereocenters. The molecule has 5 rings (SSSR count). The van der Waals surface area contributed by atoms with Crippen LogP contribution in [0.2, 0.25) is 0 Å². The molecule has 2 aliphatic heterocycles. The first kappa shape index (κ1) is 19.8. The topological polar surface area (TPSA) is 56.7 Å². The second-order valence-corrected chi connectivity index (χ2v) is 9.85. The Labute approximate surface area is 182 Å². The van der Waals surface area contributed by atoms with Crippen LogP contribution < -0.4 is 15.5 Å². The number of rotatable bonds is 6. The van der Waals surface area contributed by atoms with Crippen LogP contribution in [0.25, 0.3) is 0 Å². The molecule has 0 unspecified atom stereocenters. The minimum atomic E-state index is -0.0716. The molecule has 2 fully saturated rings. The number of thiophene rings is 1. The maximum Gasteiger partial charge on any atom is 0.237 e. The molecule has 0 radical (unpaired) electrons. The van der Waals surface area contributed by atoms with E-state index < -0.39 is 0 Å². The molecule has 1 saturated carbocycles. The lowest BCUT2D eigenvalue weighted by molar-refractivity contribution is -0.124. The second kappa shape index (κ2) is 8.52. The molecule has 1 amide bonds. The van der Waals surface area contributed by atoms with Gasteiger partial charge in [0.15, 0.2) is 0 Å². The van der Waals surface area contributed by atoms with Crippen molar-refractivity contribution in [1.29, 1.82) is 0 Å². The third kappa shape index (κ3) is 4.03. The zero-order valence-electron chi connectivity index (χ0n) is 17.5. The van der Waals surface area contributed by atoms with E-state index in [-0.39, 0.29) is 18.0 Å². The van der Waals surface area contributed by atoms with Crippen molar-refractivity contribution in [3.63, 3.8) is 0 Å². The normalized spacial score (nSPS) is 26.2. The number of hydrogen-bond donors (Lipinski definition) is 2. The average molecular weight is 423 g/mol. The molecule has 5 nitrogen and oxygen atoms in total. The van der Waals surface area contributed by atoms with Gasteiger partial charge in [0.25, 0.3) is 0 Å². The van der Waals surface area contributed by atoms with Crippen LogP contribution in [-0.4, -0.2) is 43.8 Å². The lowest BCUT2D eigenvalue weighted by Gasteiger charge is -2.29. The Kier molecular flexibility index (Phi) is 5.61. The lowest BCUT2D eigenvalue weighted by Crippen LogP contribution is -2.51. The van der Waals surface area contributed by atoms with Crippen LogP contribution in [0.4, 0.5) is 5.69 Å².